The van der Waals surface area contributed by atoms with Crippen molar-refractivity contribution in [2.75, 3.05) is 46.2 Å². The second-order valence-corrected chi connectivity index (χ2v) is 6.37. The molecule has 0 aliphatic carbocycles. The Morgan fingerprint density at radius 2 is 1.88 bits per heavy atom. The van der Waals surface area contributed by atoms with Gasteiger partial charge in [-0.2, -0.15) is 0 Å². The number of anilines is 1. The van der Waals surface area contributed by atoms with E-state index in [1.54, 1.807) is 19.4 Å². The summed E-state index contributed by atoms with van der Waals surface area (Å²) < 4.78 is 5.15. The number of nitrogens with one attached hydrogen (secondary N) is 2. The van der Waals surface area contributed by atoms with Crippen LogP contribution in [0.5, 0.6) is 5.75 Å². The fraction of sp³-hybridized carbons (Fsp3) is 0.400. The quantitative estimate of drug-likeness (QED) is 0.640. The van der Waals surface area contributed by atoms with Crippen molar-refractivity contribution in [2.45, 2.75) is 12.8 Å². The number of aromatic nitrogens is 1. The third-order valence-corrected chi connectivity index (χ3v) is 3.97. The molecule has 1 aromatic carbocycles. The van der Waals surface area contributed by atoms with Gasteiger partial charge >= 0.3 is 0 Å². The molecule has 0 fully saturated rings. The molecule has 6 nitrogen and oxygen atoms in total. The monoisotopic (exact) mass is 356 g/mol. The third kappa shape index (κ3) is 6.72. The Hall–Kier alpha value is -2.60. The van der Waals surface area contributed by atoms with Crippen LogP contribution >= 0.6 is 0 Å². The minimum atomic E-state index is -0.0824. The summed E-state index contributed by atoms with van der Waals surface area (Å²) in [5.74, 6) is 1.54. The minimum absolute atomic E-state index is 0.0824. The maximum atomic E-state index is 12.1. The van der Waals surface area contributed by atoms with Gasteiger partial charge in [-0.3, -0.25) is 4.79 Å². The Bertz CT molecular complexity index is 669. The number of carbonyl (C=O) groups is 1. The van der Waals surface area contributed by atoms with E-state index in [1.165, 1.54) is 5.56 Å². The molecular weight excluding hydrogens is 328 g/mol. The number of methoxy groups -OCH3 is 1. The van der Waals surface area contributed by atoms with E-state index in [-0.39, 0.29) is 5.91 Å². The van der Waals surface area contributed by atoms with Crippen LogP contribution < -0.4 is 15.4 Å². The number of nitrogens with zero attached hydrogens (tertiary/aromatic N) is 2. The predicted molar refractivity (Wildman–Crippen MR) is 105 cm³/mol. The van der Waals surface area contributed by atoms with Gasteiger partial charge in [-0.25, -0.2) is 4.98 Å². The molecule has 1 aromatic heterocycles. The van der Waals surface area contributed by atoms with Crippen molar-refractivity contribution < 1.29 is 9.53 Å². The van der Waals surface area contributed by atoms with Crippen molar-refractivity contribution in [2.24, 2.45) is 0 Å². The molecule has 0 spiro atoms. The van der Waals surface area contributed by atoms with Crippen LogP contribution in [0.3, 0.4) is 0 Å². The predicted octanol–water partition coefficient (Wildman–Crippen LogP) is 2.43. The molecule has 0 saturated heterocycles. The Balaban J connectivity index is 1.73. The zero-order chi connectivity index (χ0) is 18.8. The Morgan fingerprint density at radius 1 is 1.12 bits per heavy atom. The van der Waals surface area contributed by atoms with Crippen LogP contribution in [-0.2, 0) is 6.42 Å². The number of hydrogen-bond acceptors (Lipinski definition) is 5. The smallest absolute Gasteiger partial charge is 0.252 e. The van der Waals surface area contributed by atoms with Crippen molar-refractivity contribution in [3.8, 4) is 5.75 Å². The van der Waals surface area contributed by atoms with E-state index in [4.69, 9.17) is 4.74 Å². The lowest BCUT2D eigenvalue weighted by atomic mass is 10.1. The molecule has 0 bridgehead atoms. The lowest BCUT2D eigenvalue weighted by Gasteiger charge is -2.10. The van der Waals surface area contributed by atoms with Crippen molar-refractivity contribution in [1.29, 1.82) is 0 Å². The lowest BCUT2D eigenvalue weighted by molar-refractivity contribution is 0.0952. The summed E-state index contributed by atoms with van der Waals surface area (Å²) >= 11 is 0. The normalized spacial score (nSPS) is 10.6. The molecule has 2 rings (SSSR count). The average molecular weight is 356 g/mol. The zero-order valence-electron chi connectivity index (χ0n) is 15.8. The lowest BCUT2D eigenvalue weighted by Crippen LogP contribution is -2.27. The fourth-order valence-electron chi connectivity index (χ4n) is 2.46. The SMILES string of the molecule is COc1ccc(CCNc2ccc(C(=O)NCCCN(C)C)cn2)cc1. The van der Waals surface area contributed by atoms with Gasteiger partial charge in [-0.1, -0.05) is 12.1 Å². The summed E-state index contributed by atoms with van der Waals surface area (Å²) in [5, 5.41) is 6.18. The molecule has 2 N–H and O–H groups in total. The summed E-state index contributed by atoms with van der Waals surface area (Å²) in [5.41, 5.74) is 1.81. The molecular formula is C20H28N4O2. The first kappa shape index (κ1) is 19.7. The van der Waals surface area contributed by atoms with Crippen molar-refractivity contribution >= 4 is 11.7 Å². The highest BCUT2D eigenvalue weighted by atomic mass is 16.5. The molecule has 6 heteroatoms. The summed E-state index contributed by atoms with van der Waals surface area (Å²) in [6.07, 6.45) is 3.42. The van der Waals surface area contributed by atoms with Crippen LogP contribution in [0.25, 0.3) is 0 Å². The Labute approximate surface area is 155 Å². The molecule has 0 aliphatic rings. The van der Waals surface area contributed by atoms with Crippen LogP contribution in [0.4, 0.5) is 5.82 Å². The summed E-state index contributed by atoms with van der Waals surface area (Å²) in [7, 11) is 5.70. The first-order chi connectivity index (χ1) is 12.6. The molecule has 2 aromatic rings. The molecule has 140 valence electrons. The van der Waals surface area contributed by atoms with Crippen LogP contribution in [0.15, 0.2) is 42.6 Å². The molecule has 1 heterocycles. The van der Waals surface area contributed by atoms with Crippen molar-refractivity contribution in [1.82, 2.24) is 15.2 Å². The van der Waals surface area contributed by atoms with Crippen LogP contribution in [0.1, 0.15) is 22.3 Å². The van der Waals surface area contributed by atoms with Gasteiger partial charge in [0.1, 0.15) is 11.6 Å². The number of pyridine rings is 1. The second-order valence-electron chi connectivity index (χ2n) is 6.37. The van der Waals surface area contributed by atoms with Gasteiger partial charge in [0.05, 0.1) is 12.7 Å². The number of rotatable bonds is 10. The van der Waals surface area contributed by atoms with Gasteiger partial charge in [0.2, 0.25) is 0 Å². The molecule has 0 radical (unpaired) electrons. The topological polar surface area (TPSA) is 66.5 Å². The highest BCUT2D eigenvalue weighted by molar-refractivity contribution is 5.94. The minimum Gasteiger partial charge on any atom is -0.497 e. The summed E-state index contributed by atoms with van der Waals surface area (Å²) in [4.78, 5) is 18.5. The summed E-state index contributed by atoms with van der Waals surface area (Å²) in [6.45, 7) is 2.39. The van der Waals surface area contributed by atoms with E-state index in [1.807, 2.05) is 32.3 Å². The zero-order valence-corrected chi connectivity index (χ0v) is 15.8. The Kier molecular flexibility index (Phi) is 7.89. The van der Waals surface area contributed by atoms with Gasteiger partial charge in [-0.15, -0.1) is 0 Å². The van der Waals surface area contributed by atoms with Crippen LogP contribution in [0, 0.1) is 0 Å². The largest absolute Gasteiger partial charge is 0.497 e. The average Bonchev–Trinajstić information content (AvgIpc) is 2.66. The molecule has 0 atom stereocenters. The van der Waals surface area contributed by atoms with Crippen molar-refractivity contribution in [3.63, 3.8) is 0 Å². The van der Waals surface area contributed by atoms with Crippen molar-refractivity contribution in [3.05, 3.63) is 53.7 Å². The number of amides is 1. The van der Waals surface area contributed by atoms with Gasteiger partial charge in [-0.05, 0) is 63.3 Å². The van der Waals surface area contributed by atoms with E-state index in [2.05, 4.69) is 32.7 Å². The van der Waals surface area contributed by atoms with Crippen LogP contribution in [0.2, 0.25) is 0 Å². The van der Waals surface area contributed by atoms with Crippen LogP contribution in [-0.4, -0.2) is 56.6 Å². The first-order valence-corrected chi connectivity index (χ1v) is 8.84. The van der Waals surface area contributed by atoms with E-state index in [0.717, 1.165) is 37.5 Å². The molecule has 0 saturated carbocycles. The fourth-order valence-corrected chi connectivity index (χ4v) is 2.46. The third-order valence-electron chi connectivity index (χ3n) is 3.97. The van der Waals surface area contributed by atoms with Gasteiger partial charge < -0.3 is 20.3 Å². The highest BCUT2D eigenvalue weighted by Gasteiger charge is 2.05. The number of benzene rings is 1. The van der Waals surface area contributed by atoms with E-state index in [9.17, 15) is 4.79 Å². The molecule has 0 unspecified atom stereocenters. The maximum absolute atomic E-state index is 12.1. The highest BCUT2D eigenvalue weighted by Crippen LogP contribution is 2.12. The summed E-state index contributed by atoms with van der Waals surface area (Å²) in [6, 6.07) is 11.7. The molecule has 26 heavy (non-hydrogen) atoms. The molecule has 0 aliphatic heterocycles. The molecule has 1 amide bonds. The van der Waals surface area contributed by atoms with E-state index < -0.39 is 0 Å². The van der Waals surface area contributed by atoms with E-state index in [0.29, 0.717) is 12.1 Å². The number of ether oxygens (including phenoxy) is 1. The van der Waals surface area contributed by atoms with Gasteiger partial charge in [0.15, 0.2) is 0 Å². The Morgan fingerprint density at radius 3 is 2.50 bits per heavy atom. The van der Waals surface area contributed by atoms with Gasteiger partial charge in [0.25, 0.3) is 5.91 Å². The number of hydrogen-bond donors (Lipinski definition) is 2. The second kappa shape index (κ2) is 10.4. The number of carbonyl (C=O) groups excluding carboxylic acids is 1. The van der Waals surface area contributed by atoms with E-state index >= 15 is 0 Å². The first-order valence-electron chi connectivity index (χ1n) is 8.84. The maximum Gasteiger partial charge on any atom is 0.252 e. The standard InChI is InChI=1S/C20H28N4O2/c1-24(2)14-4-12-22-20(25)17-7-10-19(23-15-17)21-13-11-16-5-8-18(26-3)9-6-16/h5-10,15H,4,11-14H2,1-3H3,(H,21,23)(H,22,25). The van der Waals surface area contributed by atoms with Gasteiger partial charge in [0, 0.05) is 19.3 Å².